The van der Waals surface area contributed by atoms with Gasteiger partial charge in [0.25, 0.3) is 0 Å². The molecule has 0 unspecified atom stereocenters. The molecule has 0 spiro atoms. The fourth-order valence-electron chi connectivity index (χ4n) is 1.55. The molecule has 4 nitrogen and oxygen atoms in total. The molecule has 2 rings (SSSR count). The van der Waals surface area contributed by atoms with Gasteiger partial charge in [0.15, 0.2) is 5.75 Å². The summed E-state index contributed by atoms with van der Waals surface area (Å²) in [7, 11) is 0. The number of aromatic nitrogens is 2. The second-order valence-electron chi connectivity index (χ2n) is 3.79. The number of hydrogen-bond acceptors (Lipinski definition) is 3. The molecule has 0 aliphatic rings. The molecule has 0 radical (unpaired) electrons. The highest BCUT2D eigenvalue weighted by Gasteiger charge is 2.07. The molecular formula is C13H12BrN3O. The van der Waals surface area contributed by atoms with E-state index in [4.69, 9.17) is 10.00 Å². The third-order valence-electron chi connectivity index (χ3n) is 2.35. The van der Waals surface area contributed by atoms with Crippen molar-refractivity contribution in [1.29, 1.82) is 5.26 Å². The zero-order chi connectivity index (χ0) is 13.0. The Bertz CT molecular complexity index is 586. The number of nitriles is 1. The van der Waals surface area contributed by atoms with Gasteiger partial charge < -0.3 is 4.74 Å². The van der Waals surface area contributed by atoms with Crippen molar-refractivity contribution in [3.8, 4) is 17.6 Å². The lowest BCUT2D eigenvalue weighted by Gasteiger charge is -2.05. The van der Waals surface area contributed by atoms with Crippen molar-refractivity contribution in [2.45, 2.75) is 19.9 Å². The van der Waals surface area contributed by atoms with E-state index in [9.17, 15) is 0 Å². The fourth-order valence-corrected chi connectivity index (χ4v) is 1.89. The van der Waals surface area contributed by atoms with Crippen LogP contribution in [0, 0.1) is 11.3 Å². The predicted octanol–water partition coefficient (Wildman–Crippen LogP) is 3.72. The zero-order valence-electron chi connectivity index (χ0n) is 9.93. The Labute approximate surface area is 114 Å². The maximum atomic E-state index is 9.01. The van der Waals surface area contributed by atoms with Gasteiger partial charge in [-0.15, -0.1) is 0 Å². The minimum absolute atomic E-state index is 0.501. The van der Waals surface area contributed by atoms with E-state index >= 15 is 0 Å². The van der Waals surface area contributed by atoms with Crippen LogP contribution in [0.1, 0.15) is 18.9 Å². The molecule has 0 bridgehead atoms. The van der Waals surface area contributed by atoms with Gasteiger partial charge in [-0.25, -0.2) is 0 Å². The summed E-state index contributed by atoms with van der Waals surface area (Å²) in [6.45, 7) is 2.94. The van der Waals surface area contributed by atoms with Crippen molar-refractivity contribution in [3.05, 3.63) is 40.6 Å². The van der Waals surface area contributed by atoms with Crippen LogP contribution in [-0.2, 0) is 6.54 Å². The standard InChI is InChI=1S/C13H12BrN3O/c1-2-5-17-9-12(8-16-17)18-13-6-11(14)4-3-10(13)7-15/h3-4,6,8-9H,2,5H2,1H3. The second kappa shape index (κ2) is 5.69. The minimum Gasteiger partial charge on any atom is -0.453 e. The Hall–Kier alpha value is -1.80. The number of hydrogen-bond donors (Lipinski definition) is 0. The molecule has 92 valence electrons. The Balaban J connectivity index is 2.22. The number of rotatable bonds is 4. The Morgan fingerprint density at radius 3 is 3.06 bits per heavy atom. The molecule has 1 heterocycles. The van der Waals surface area contributed by atoms with Crippen molar-refractivity contribution in [1.82, 2.24) is 9.78 Å². The van der Waals surface area contributed by atoms with Crippen LogP contribution in [0.15, 0.2) is 35.1 Å². The normalized spacial score (nSPS) is 10.1. The molecule has 0 saturated carbocycles. The van der Waals surface area contributed by atoms with Gasteiger partial charge >= 0.3 is 0 Å². The van der Waals surface area contributed by atoms with Gasteiger partial charge in [-0.3, -0.25) is 4.68 Å². The summed E-state index contributed by atoms with van der Waals surface area (Å²) in [6.07, 6.45) is 4.49. The maximum absolute atomic E-state index is 9.01. The molecule has 1 aromatic carbocycles. The molecule has 0 amide bonds. The highest BCUT2D eigenvalue weighted by Crippen LogP contribution is 2.27. The summed E-state index contributed by atoms with van der Waals surface area (Å²) in [5.41, 5.74) is 0.501. The molecule has 0 saturated heterocycles. The predicted molar refractivity (Wildman–Crippen MR) is 71.4 cm³/mol. The molecule has 0 aliphatic heterocycles. The monoisotopic (exact) mass is 305 g/mol. The molecule has 0 aliphatic carbocycles. The number of benzene rings is 1. The molecule has 2 aromatic rings. The van der Waals surface area contributed by atoms with Gasteiger partial charge in [0.1, 0.15) is 11.8 Å². The van der Waals surface area contributed by atoms with E-state index in [2.05, 4.69) is 34.0 Å². The van der Waals surface area contributed by atoms with E-state index in [0.717, 1.165) is 17.4 Å². The second-order valence-corrected chi connectivity index (χ2v) is 4.71. The molecule has 18 heavy (non-hydrogen) atoms. The summed E-state index contributed by atoms with van der Waals surface area (Å²) in [5.74, 6) is 1.17. The summed E-state index contributed by atoms with van der Waals surface area (Å²) >= 11 is 3.36. The van der Waals surface area contributed by atoms with Crippen LogP contribution in [0.2, 0.25) is 0 Å². The summed E-state index contributed by atoms with van der Waals surface area (Å²) < 4.78 is 8.36. The first-order valence-electron chi connectivity index (χ1n) is 5.63. The quantitative estimate of drug-likeness (QED) is 0.865. The van der Waals surface area contributed by atoms with Crippen molar-refractivity contribution in [2.24, 2.45) is 0 Å². The van der Waals surface area contributed by atoms with Gasteiger partial charge in [0.05, 0.1) is 18.0 Å². The molecular weight excluding hydrogens is 294 g/mol. The number of nitrogens with zero attached hydrogens (tertiary/aromatic N) is 3. The number of halogens is 1. The molecule has 0 atom stereocenters. The highest BCUT2D eigenvalue weighted by atomic mass is 79.9. The smallest absolute Gasteiger partial charge is 0.165 e. The lowest BCUT2D eigenvalue weighted by atomic mass is 10.2. The third kappa shape index (κ3) is 2.90. The fraction of sp³-hybridized carbons (Fsp3) is 0.231. The van der Waals surface area contributed by atoms with Crippen LogP contribution in [-0.4, -0.2) is 9.78 Å². The summed E-state index contributed by atoms with van der Waals surface area (Å²) in [6, 6.07) is 7.41. The van der Waals surface area contributed by atoms with Gasteiger partial charge in [0.2, 0.25) is 0 Å². The maximum Gasteiger partial charge on any atom is 0.165 e. The van der Waals surface area contributed by atoms with E-state index in [1.165, 1.54) is 0 Å². The van der Waals surface area contributed by atoms with Crippen LogP contribution >= 0.6 is 15.9 Å². The summed E-state index contributed by atoms with van der Waals surface area (Å²) in [4.78, 5) is 0. The average Bonchev–Trinajstić information content (AvgIpc) is 2.77. The lowest BCUT2D eigenvalue weighted by molar-refractivity contribution is 0.478. The largest absolute Gasteiger partial charge is 0.453 e. The van der Waals surface area contributed by atoms with Crippen LogP contribution < -0.4 is 4.74 Å². The van der Waals surface area contributed by atoms with Gasteiger partial charge in [0, 0.05) is 11.0 Å². The Morgan fingerprint density at radius 2 is 2.33 bits per heavy atom. The topological polar surface area (TPSA) is 50.8 Å². The van der Waals surface area contributed by atoms with E-state index in [1.807, 2.05) is 16.9 Å². The first-order chi connectivity index (χ1) is 8.72. The van der Waals surface area contributed by atoms with E-state index in [-0.39, 0.29) is 0 Å². The van der Waals surface area contributed by atoms with Crippen molar-refractivity contribution in [2.75, 3.05) is 0 Å². The van der Waals surface area contributed by atoms with Crippen LogP contribution in [0.25, 0.3) is 0 Å². The minimum atomic E-state index is 0.501. The van der Waals surface area contributed by atoms with Crippen LogP contribution in [0.5, 0.6) is 11.5 Å². The van der Waals surface area contributed by atoms with Crippen molar-refractivity contribution < 1.29 is 4.74 Å². The van der Waals surface area contributed by atoms with Crippen molar-refractivity contribution in [3.63, 3.8) is 0 Å². The van der Waals surface area contributed by atoms with Crippen LogP contribution in [0.4, 0.5) is 0 Å². The van der Waals surface area contributed by atoms with Gasteiger partial charge in [-0.2, -0.15) is 10.4 Å². The summed E-state index contributed by atoms with van der Waals surface area (Å²) in [5, 5.41) is 13.2. The lowest BCUT2D eigenvalue weighted by Crippen LogP contribution is -1.95. The van der Waals surface area contributed by atoms with Crippen LogP contribution in [0.3, 0.4) is 0 Å². The molecule has 0 fully saturated rings. The molecule has 5 heteroatoms. The van der Waals surface area contributed by atoms with E-state index < -0.39 is 0 Å². The SMILES string of the molecule is CCCn1cc(Oc2cc(Br)ccc2C#N)cn1. The number of ether oxygens (including phenoxy) is 1. The third-order valence-corrected chi connectivity index (χ3v) is 2.85. The Kier molecular flexibility index (Phi) is 4.00. The zero-order valence-corrected chi connectivity index (χ0v) is 11.5. The molecule has 0 N–H and O–H groups in total. The Morgan fingerprint density at radius 1 is 1.50 bits per heavy atom. The van der Waals surface area contributed by atoms with Gasteiger partial charge in [-0.1, -0.05) is 22.9 Å². The van der Waals surface area contributed by atoms with E-state index in [0.29, 0.717) is 17.1 Å². The average molecular weight is 306 g/mol. The molecule has 1 aromatic heterocycles. The number of aryl methyl sites for hydroxylation is 1. The van der Waals surface area contributed by atoms with Gasteiger partial charge in [-0.05, 0) is 24.6 Å². The first kappa shape index (κ1) is 12.7. The highest BCUT2D eigenvalue weighted by molar-refractivity contribution is 9.10. The van der Waals surface area contributed by atoms with E-state index in [1.54, 1.807) is 18.3 Å². The first-order valence-corrected chi connectivity index (χ1v) is 6.42. The van der Waals surface area contributed by atoms with Crippen molar-refractivity contribution >= 4 is 15.9 Å².